The number of aromatic hydroxyl groups is 1. The molecule has 2 bridgehead atoms. The lowest BCUT2D eigenvalue weighted by atomic mass is 9.98. The Kier molecular flexibility index (Phi) is 6.60. The van der Waals surface area contributed by atoms with Gasteiger partial charge in [0.25, 0.3) is 11.8 Å². The molecule has 1 aromatic heterocycles. The molecule has 0 radical (unpaired) electrons. The number of aromatic nitrogens is 1. The van der Waals surface area contributed by atoms with Gasteiger partial charge in [0.15, 0.2) is 11.4 Å². The minimum Gasteiger partial charge on any atom is -0.503 e. The lowest BCUT2D eigenvalue weighted by molar-refractivity contribution is 0.0546. The second-order valence-corrected chi connectivity index (χ2v) is 9.42. The van der Waals surface area contributed by atoms with Crippen LogP contribution in [0.25, 0.3) is 0 Å². The first kappa shape index (κ1) is 25.4. The molecule has 0 saturated carbocycles. The molecule has 3 heterocycles. The summed E-state index contributed by atoms with van der Waals surface area (Å²) in [5.74, 6) is -5.29. The zero-order valence-electron chi connectivity index (χ0n) is 20.3. The Morgan fingerprint density at radius 3 is 2.61 bits per heavy atom. The Morgan fingerprint density at radius 2 is 1.87 bits per heavy atom. The molecule has 0 aliphatic carbocycles. The summed E-state index contributed by atoms with van der Waals surface area (Å²) in [6.45, 7) is 1.82. The number of amides is 2. The van der Waals surface area contributed by atoms with Crippen LogP contribution >= 0.6 is 0 Å². The Labute approximate surface area is 215 Å². The lowest BCUT2D eigenvalue weighted by Crippen LogP contribution is -2.50. The van der Waals surface area contributed by atoms with Crippen LogP contribution in [0.4, 0.5) is 13.2 Å². The predicted molar refractivity (Wildman–Crippen MR) is 130 cm³/mol. The maximum atomic E-state index is 14.0. The summed E-state index contributed by atoms with van der Waals surface area (Å²) in [6, 6.07) is 7.65. The number of ether oxygens (including phenoxy) is 1. The van der Waals surface area contributed by atoms with E-state index in [1.165, 1.54) is 10.8 Å². The predicted octanol–water partition coefficient (Wildman–Crippen LogP) is 3.31. The number of para-hydroxylation sites is 1. The summed E-state index contributed by atoms with van der Waals surface area (Å²) in [4.78, 5) is 40.9. The molecule has 0 unspecified atom stereocenters. The van der Waals surface area contributed by atoms with Gasteiger partial charge in [-0.3, -0.25) is 14.4 Å². The zero-order valence-corrected chi connectivity index (χ0v) is 20.3. The van der Waals surface area contributed by atoms with Gasteiger partial charge in [0.2, 0.25) is 5.43 Å². The molecule has 11 heteroatoms. The van der Waals surface area contributed by atoms with Gasteiger partial charge >= 0.3 is 0 Å². The van der Waals surface area contributed by atoms with Gasteiger partial charge in [-0.05, 0) is 25.0 Å². The second-order valence-electron chi connectivity index (χ2n) is 9.42. The number of rotatable bonds is 3. The quantitative estimate of drug-likeness (QED) is 0.545. The molecule has 2 amide bonds. The van der Waals surface area contributed by atoms with Crippen LogP contribution in [0.3, 0.4) is 0 Å². The standard InChI is InChI=1S/C27H24F3N3O5/c1-14-6-7-38-22-5-3-2-4-15(22)8-17-12-32(14)27(37)23-25(35)24(34)19(13-33(17)23)26(36)31-11-18-20(29)9-16(28)10-21(18)30/h2-5,9-10,13-14,17,35H,6-8,11-12H2,1H3,(H,31,36)/t14-,17-/m0/s1. The van der Waals surface area contributed by atoms with E-state index < -0.39 is 64.2 Å². The summed E-state index contributed by atoms with van der Waals surface area (Å²) in [7, 11) is 0. The van der Waals surface area contributed by atoms with E-state index in [2.05, 4.69) is 5.32 Å². The van der Waals surface area contributed by atoms with E-state index >= 15 is 0 Å². The Balaban J connectivity index is 1.54. The molecule has 2 N–H and O–H groups in total. The van der Waals surface area contributed by atoms with Gasteiger partial charge in [0, 0.05) is 49.4 Å². The lowest BCUT2D eigenvalue weighted by Gasteiger charge is -2.40. The Bertz CT molecular complexity index is 1480. The van der Waals surface area contributed by atoms with Crippen molar-refractivity contribution >= 4 is 11.8 Å². The van der Waals surface area contributed by atoms with Gasteiger partial charge in [0.1, 0.15) is 28.8 Å². The third-order valence-electron chi connectivity index (χ3n) is 7.00. The molecule has 0 fully saturated rings. The molecule has 2 aliphatic rings. The van der Waals surface area contributed by atoms with Crippen molar-refractivity contribution in [2.24, 2.45) is 0 Å². The molecule has 38 heavy (non-hydrogen) atoms. The SMILES string of the molecule is C[C@H]1CCOc2ccccc2C[C@H]2CN1C(=O)c1c(O)c(=O)c(C(=O)NCc3c(F)cc(F)cc3F)cn12. The molecular formula is C27H24F3N3O5. The highest BCUT2D eigenvalue weighted by molar-refractivity contribution is 5.99. The zero-order chi connectivity index (χ0) is 27.1. The minimum absolute atomic E-state index is 0.232. The van der Waals surface area contributed by atoms with Gasteiger partial charge in [-0.2, -0.15) is 0 Å². The molecule has 5 rings (SSSR count). The van der Waals surface area contributed by atoms with Crippen molar-refractivity contribution in [3.63, 3.8) is 0 Å². The molecule has 198 valence electrons. The van der Waals surface area contributed by atoms with Crippen molar-refractivity contribution in [1.29, 1.82) is 0 Å². The maximum Gasteiger partial charge on any atom is 0.274 e. The van der Waals surface area contributed by atoms with E-state index in [0.29, 0.717) is 37.3 Å². The Hall–Kier alpha value is -4.28. The summed E-state index contributed by atoms with van der Waals surface area (Å²) in [6.07, 6.45) is 2.08. The first-order valence-corrected chi connectivity index (χ1v) is 12.1. The van der Waals surface area contributed by atoms with Gasteiger partial charge in [-0.1, -0.05) is 18.2 Å². The molecule has 2 aromatic carbocycles. The van der Waals surface area contributed by atoms with Crippen LogP contribution in [0, 0.1) is 17.5 Å². The van der Waals surface area contributed by atoms with Crippen molar-refractivity contribution in [3.8, 4) is 11.5 Å². The van der Waals surface area contributed by atoms with Gasteiger partial charge in [-0.25, -0.2) is 13.2 Å². The first-order valence-electron chi connectivity index (χ1n) is 12.1. The van der Waals surface area contributed by atoms with Gasteiger partial charge in [-0.15, -0.1) is 0 Å². The summed E-state index contributed by atoms with van der Waals surface area (Å²) < 4.78 is 48.6. The normalized spacial score (nSPS) is 18.7. The Morgan fingerprint density at radius 1 is 1.16 bits per heavy atom. The number of carbonyl (C=O) groups is 2. The smallest absolute Gasteiger partial charge is 0.274 e. The van der Waals surface area contributed by atoms with E-state index in [0.717, 1.165) is 5.56 Å². The van der Waals surface area contributed by atoms with E-state index in [1.54, 1.807) is 4.90 Å². The summed E-state index contributed by atoms with van der Waals surface area (Å²) in [5.41, 5.74) is -1.58. The maximum absolute atomic E-state index is 14.0. The number of nitrogens with one attached hydrogen (secondary N) is 1. The average Bonchev–Trinajstić information content (AvgIpc) is 2.87. The van der Waals surface area contributed by atoms with E-state index in [9.17, 15) is 32.7 Å². The molecule has 8 nitrogen and oxygen atoms in total. The van der Waals surface area contributed by atoms with Crippen LogP contribution in [0.2, 0.25) is 0 Å². The largest absolute Gasteiger partial charge is 0.503 e. The first-order chi connectivity index (χ1) is 18.2. The number of nitrogens with zero attached hydrogens (tertiary/aromatic N) is 2. The fourth-order valence-electron chi connectivity index (χ4n) is 4.93. The van der Waals surface area contributed by atoms with Gasteiger partial charge < -0.3 is 24.6 Å². The van der Waals surface area contributed by atoms with Gasteiger partial charge in [0.05, 0.1) is 12.6 Å². The number of hydrogen-bond donors (Lipinski definition) is 2. The molecule has 3 aromatic rings. The number of benzene rings is 2. The summed E-state index contributed by atoms with van der Waals surface area (Å²) >= 11 is 0. The number of halogens is 3. The average molecular weight is 527 g/mol. The third kappa shape index (κ3) is 4.48. The number of hydrogen-bond acceptors (Lipinski definition) is 5. The van der Waals surface area contributed by atoms with Crippen molar-refractivity contribution in [2.75, 3.05) is 13.2 Å². The highest BCUT2D eigenvalue weighted by Gasteiger charge is 2.38. The highest BCUT2D eigenvalue weighted by atomic mass is 19.1. The fourth-order valence-corrected chi connectivity index (χ4v) is 4.93. The summed E-state index contributed by atoms with van der Waals surface area (Å²) in [5, 5.41) is 13.1. The molecule has 0 saturated heterocycles. The van der Waals surface area contributed by atoms with Crippen LogP contribution < -0.4 is 15.5 Å². The van der Waals surface area contributed by atoms with E-state index in [-0.39, 0.29) is 18.3 Å². The van der Waals surface area contributed by atoms with Crippen molar-refractivity contribution in [1.82, 2.24) is 14.8 Å². The fraction of sp³-hybridized carbons (Fsp3) is 0.296. The van der Waals surface area contributed by atoms with E-state index in [4.69, 9.17) is 4.74 Å². The van der Waals surface area contributed by atoms with Crippen LogP contribution in [0.5, 0.6) is 11.5 Å². The number of pyridine rings is 1. The third-order valence-corrected chi connectivity index (χ3v) is 7.00. The molecule has 0 spiro atoms. The van der Waals surface area contributed by atoms with Crippen molar-refractivity contribution in [3.05, 3.63) is 92.7 Å². The van der Waals surface area contributed by atoms with Crippen LogP contribution in [0.15, 0.2) is 47.4 Å². The molecular weight excluding hydrogens is 503 g/mol. The number of fused-ring (bicyclic) bond motifs is 5. The van der Waals surface area contributed by atoms with Crippen molar-refractivity contribution in [2.45, 2.75) is 38.4 Å². The van der Waals surface area contributed by atoms with Crippen LogP contribution in [-0.4, -0.2) is 45.6 Å². The monoisotopic (exact) mass is 527 g/mol. The van der Waals surface area contributed by atoms with E-state index in [1.807, 2.05) is 31.2 Å². The molecule has 2 aliphatic heterocycles. The molecule has 2 atom stereocenters. The highest BCUT2D eigenvalue weighted by Crippen LogP contribution is 2.33. The number of carbonyl (C=O) groups excluding carboxylic acids is 2. The van der Waals surface area contributed by atoms with Crippen LogP contribution in [0.1, 0.15) is 51.4 Å². The van der Waals surface area contributed by atoms with Crippen molar-refractivity contribution < 1.29 is 32.6 Å². The van der Waals surface area contributed by atoms with Crippen LogP contribution in [-0.2, 0) is 13.0 Å². The topological polar surface area (TPSA) is 101 Å². The second kappa shape index (κ2) is 9.88. The minimum atomic E-state index is -1.20.